The number of benzene rings is 1. The van der Waals surface area contributed by atoms with Gasteiger partial charge in [0.1, 0.15) is 0 Å². The van der Waals surface area contributed by atoms with Gasteiger partial charge in [0.15, 0.2) is 9.84 Å². The maximum Gasteiger partial charge on any atom is 0.416 e. The van der Waals surface area contributed by atoms with Crippen LogP contribution in [0, 0.1) is 0 Å². The van der Waals surface area contributed by atoms with Crippen molar-refractivity contribution in [2.24, 2.45) is 0 Å². The Bertz CT molecular complexity index is 598. The van der Waals surface area contributed by atoms with Crippen LogP contribution in [0.4, 0.5) is 13.2 Å². The van der Waals surface area contributed by atoms with Gasteiger partial charge in [-0.2, -0.15) is 13.2 Å². The summed E-state index contributed by atoms with van der Waals surface area (Å²) in [6.45, 7) is 1.50. The first-order chi connectivity index (χ1) is 7.71. The second kappa shape index (κ2) is 3.60. The van der Waals surface area contributed by atoms with Crippen molar-refractivity contribution < 1.29 is 21.6 Å². The fourth-order valence-corrected chi connectivity index (χ4v) is 3.42. The summed E-state index contributed by atoms with van der Waals surface area (Å²) in [5, 5.41) is 1.02. The van der Waals surface area contributed by atoms with Gasteiger partial charge in [-0.3, -0.25) is 0 Å². The molecule has 0 atom stereocenters. The molecule has 1 aromatic carbocycles. The Morgan fingerprint density at radius 1 is 1.24 bits per heavy atom. The second-order valence-electron chi connectivity index (χ2n) is 3.94. The van der Waals surface area contributed by atoms with E-state index in [1.807, 2.05) is 0 Å². The Morgan fingerprint density at radius 3 is 2.47 bits per heavy atom. The van der Waals surface area contributed by atoms with Gasteiger partial charge in [0.05, 0.1) is 11.3 Å². The van der Waals surface area contributed by atoms with Gasteiger partial charge in [0.2, 0.25) is 0 Å². The third kappa shape index (κ3) is 2.22. The molecule has 92 valence electrons. The summed E-state index contributed by atoms with van der Waals surface area (Å²) in [7, 11) is -3.59. The van der Waals surface area contributed by atoms with Crippen molar-refractivity contribution in [2.45, 2.75) is 18.9 Å². The zero-order chi connectivity index (χ0) is 12.8. The first-order valence-corrected chi connectivity index (χ1v) is 6.53. The average molecular weight is 262 g/mol. The standard InChI is InChI=1S/C11H9F3O2S/c1-7-5-17(15,16)6-9-8(7)3-2-4-10(9)11(12,13)14/h2-5H,6H2,1H3. The van der Waals surface area contributed by atoms with E-state index in [4.69, 9.17) is 0 Å². The maximum absolute atomic E-state index is 12.7. The van der Waals surface area contributed by atoms with E-state index in [-0.39, 0.29) is 5.56 Å². The highest BCUT2D eigenvalue weighted by Gasteiger charge is 2.36. The molecule has 0 bridgehead atoms. The van der Waals surface area contributed by atoms with Crippen molar-refractivity contribution >= 4 is 15.4 Å². The summed E-state index contributed by atoms with van der Waals surface area (Å²) in [4.78, 5) is 0. The van der Waals surface area contributed by atoms with Crippen molar-refractivity contribution in [3.63, 3.8) is 0 Å². The van der Waals surface area contributed by atoms with Gasteiger partial charge in [-0.05, 0) is 29.7 Å². The molecule has 0 aliphatic carbocycles. The van der Waals surface area contributed by atoms with Gasteiger partial charge >= 0.3 is 6.18 Å². The average Bonchev–Trinajstić information content (AvgIpc) is 2.13. The van der Waals surface area contributed by atoms with Crippen LogP contribution in [0.5, 0.6) is 0 Å². The molecule has 6 heteroatoms. The Balaban J connectivity index is 2.74. The van der Waals surface area contributed by atoms with E-state index in [1.165, 1.54) is 19.1 Å². The molecule has 0 spiro atoms. The van der Waals surface area contributed by atoms with Crippen molar-refractivity contribution in [3.8, 4) is 0 Å². The highest BCUT2D eigenvalue weighted by molar-refractivity contribution is 7.93. The number of allylic oxidation sites excluding steroid dienone is 1. The summed E-state index contributed by atoms with van der Waals surface area (Å²) in [5.74, 6) is -0.588. The number of rotatable bonds is 0. The van der Waals surface area contributed by atoms with Crippen LogP contribution in [-0.2, 0) is 21.8 Å². The van der Waals surface area contributed by atoms with Crippen LogP contribution in [-0.4, -0.2) is 8.42 Å². The van der Waals surface area contributed by atoms with Crippen LogP contribution in [0.1, 0.15) is 23.6 Å². The van der Waals surface area contributed by atoms with E-state index >= 15 is 0 Å². The molecule has 1 aliphatic rings. The predicted octanol–water partition coefficient (Wildman–Crippen LogP) is 2.99. The van der Waals surface area contributed by atoms with Gasteiger partial charge in [-0.25, -0.2) is 8.42 Å². The number of hydrogen-bond acceptors (Lipinski definition) is 2. The fraction of sp³-hybridized carbons (Fsp3) is 0.273. The second-order valence-corrected chi connectivity index (χ2v) is 5.79. The molecule has 0 aromatic heterocycles. The third-order valence-corrected chi connectivity index (χ3v) is 4.01. The maximum atomic E-state index is 12.7. The molecule has 17 heavy (non-hydrogen) atoms. The zero-order valence-electron chi connectivity index (χ0n) is 8.88. The molecule has 0 N–H and O–H groups in total. The summed E-state index contributed by atoms with van der Waals surface area (Å²) in [5.41, 5.74) is -0.321. The summed E-state index contributed by atoms with van der Waals surface area (Å²) in [6.07, 6.45) is -4.53. The Labute approximate surface area is 96.7 Å². The van der Waals surface area contributed by atoms with E-state index in [9.17, 15) is 21.6 Å². The van der Waals surface area contributed by atoms with E-state index in [0.717, 1.165) is 11.5 Å². The van der Waals surface area contributed by atoms with Gasteiger partial charge in [-0.1, -0.05) is 12.1 Å². The van der Waals surface area contributed by atoms with Crippen molar-refractivity contribution in [2.75, 3.05) is 0 Å². The molecule has 1 aliphatic heterocycles. The van der Waals surface area contributed by atoms with Gasteiger partial charge in [0.25, 0.3) is 0 Å². The van der Waals surface area contributed by atoms with Gasteiger partial charge < -0.3 is 0 Å². The monoisotopic (exact) mass is 262 g/mol. The molecule has 0 amide bonds. The molecule has 1 aromatic rings. The highest BCUT2D eigenvalue weighted by Crippen LogP contribution is 2.38. The summed E-state index contributed by atoms with van der Waals surface area (Å²) in [6, 6.07) is 3.70. The minimum absolute atomic E-state index is 0.153. The highest BCUT2D eigenvalue weighted by atomic mass is 32.2. The zero-order valence-corrected chi connectivity index (χ0v) is 9.69. The van der Waals surface area contributed by atoms with Crippen LogP contribution in [0.15, 0.2) is 23.6 Å². The van der Waals surface area contributed by atoms with Crippen molar-refractivity contribution in [1.82, 2.24) is 0 Å². The van der Waals surface area contributed by atoms with E-state index in [0.29, 0.717) is 11.1 Å². The molecule has 2 nitrogen and oxygen atoms in total. The Kier molecular flexibility index (Phi) is 2.57. The lowest BCUT2D eigenvalue weighted by atomic mass is 9.97. The topological polar surface area (TPSA) is 34.1 Å². The van der Waals surface area contributed by atoms with Crippen molar-refractivity contribution in [1.29, 1.82) is 0 Å². The molecule has 0 fully saturated rings. The van der Waals surface area contributed by atoms with Crippen LogP contribution >= 0.6 is 0 Å². The lowest BCUT2D eigenvalue weighted by Crippen LogP contribution is -2.16. The smallest absolute Gasteiger partial charge is 0.224 e. The predicted molar refractivity (Wildman–Crippen MR) is 57.7 cm³/mol. The van der Waals surface area contributed by atoms with E-state index in [1.54, 1.807) is 0 Å². The number of alkyl halides is 3. The molecule has 0 saturated heterocycles. The van der Waals surface area contributed by atoms with Crippen LogP contribution < -0.4 is 0 Å². The fourth-order valence-electron chi connectivity index (χ4n) is 1.95. The van der Waals surface area contributed by atoms with E-state index < -0.39 is 27.3 Å². The first kappa shape index (κ1) is 12.2. The Hall–Kier alpha value is -1.30. The molecular weight excluding hydrogens is 253 g/mol. The van der Waals surface area contributed by atoms with Crippen molar-refractivity contribution in [3.05, 3.63) is 40.3 Å². The first-order valence-electron chi connectivity index (χ1n) is 4.81. The van der Waals surface area contributed by atoms with Crippen LogP contribution in [0.2, 0.25) is 0 Å². The number of sulfone groups is 1. The number of fused-ring (bicyclic) bond motifs is 1. The Morgan fingerprint density at radius 2 is 1.88 bits per heavy atom. The van der Waals surface area contributed by atoms with Gasteiger partial charge in [0, 0.05) is 5.41 Å². The van der Waals surface area contributed by atoms with Crippen LogP contribution in [0.25, 0.3) is 5.57 Å². The molecule has 0 saturated carbocycles. The lowest BCUT2D eigenvalue weighted by Gasteiger charge is -2.20. The normalized spacial score (nSPS) is 18.5. The summed E-state index contributed by atoms with van der Waals surface area (Å²) < 4.78 is 61.1. The quantitative estimate of drug-likeness (QED) is 0.720. The molecule has 2 rings (SSSR count). The van der Waals surface area contributed by atoms with E-state index in [2.05, 4.69) is 0 Å². The lowest BCUT2D eigenvalue weighted by molar-refractivity contribution is -0.138. The molecule has 0 unspecified atom stereocenters. The SMILES string of the molecule is CC1=CS(=O)(=O)Cc2c1cccc2C(F)(F)F. The number of hydrogen-bond donors (Lipinski definition) is 0. The molecule has 0 radical (unpaired) electrons. The molecule has 1 heterocycles. The molecular formula is C11H9F3O2S. The number of halogens is 3. The third-order valence-electron chi connectivity index (χ3n) is 2.61. The van der Waals surface area contributed by atoms with Crippen LogP contribution in [0.3, 0.4) is 0 Å². The van der Waals surface area contributed by atoms with Gasteiger partial charge in [-0.15, -0.1) is 0 Å². The largest absolute Gasteiger partial charge is 0.416 e. The minimum atomic E-state index is -4.53. The summed E-state index contributed by atoms with van der Waals surface area (Å²) >= 11 is 0. The minimum Gasteiger partial charge on any atom is -0.224 e.